The van der Waals surface area contributed by atoms with Crippen LogP contribution in [0.3, 0.4) is 0 Å². The van der Waals surface area contributed by atoms with E-state index < -0.39 is 0 Å². The van der Waals surface area contributed by atoms with E-state index in [1.807, 2.05) is 48.5 Å². The second-order valence-corrected chi connectivity index (χ2v) is 7.78. The molecule has 0 radical (unpaired) electrons. The fraction of sp³-hybridized carbons (Fsp3) is 0.125. The Morgan fingerprint density at radius 2 is 1.86 bits per heavy atom. The van der Waals surface area contributed by atoms with Gasteiger partial charge >= 0.3 is 0 Å². The molecule has 1 N–H and O–H groups in total. The van der Waals surface area contributed by atoms with Crippen molar-refractivity contribution in [3.8, 4) is 0 Å². The second-order valence-electron chi connectivity index (χ2n) is 7.37. The minimum Gasteiger partial charge on any atom is -0.343 e. The summed E-state index contributed by atoms with van der Waals surface area (Å²) in [5.74, 6) is -0.430. The molecular weight excluding hydrogens is 387 g/mol. The third-order valence-corrected chi connectivity index (χ3v) is 5.84. The summed E-state index contributed by atoms with van der Waals surface area (Å²) in [6.45, 7) is 0.543. The third-order valence-electron chi connectivity index (χ3n) is 5.50. The van der Waals surface area contributed by atoms with Crippen molar-refractivity contribution in [1.29, 1.82) is 0 Å². The SMILES string of the molecule is O=C1C[C@H](c2ccccc2Cl)c2cn(Cc3cccc(F)c3)c3cccc(c23)N1. The molecule has 1 amide bonds. The van der Waals surface area contributed by atoms with Crippen molar-refractivity contribution in [2.45, 2.75) is 18.9 Å². The maximum Gasteiger partial charge on any atom is 0.225 e. The summed E-state index contributed by atoms with van der Waals surface area (Å²) >= 11 is 6.49. The summed E-state index contributed by atoms with van der Waals surface area (Å²) in [5, 5.41) is 4.70. The molecule has 5 rings (SSSR count). The van der Waals surface area contributed by atoms with Crippen molar-refractivity contribution in [2.75, 3.05) is 5.32 Å². The van der Waals surface area contributed by atoms with Crippen molar-refractivity contribution in [1.82, 2.24) is 4.57 Å². The van der Waals surface area contributed by atoms with Gasteiger partial charge in [-0.25, -0.2) is 4.39 Å². The fourth-order valence-corrected chi connectivity index (χ4v) is 4.52. The number of rotatable bonds is 3. The van der Waals surface area contributed by atoms with E-state index in [1.54, 1.807) is 12.1 Å². The van der Waals surface area contributed by atoms with Gasteiger partial charge in [-0.05, 0) is 47.0 Å². The lowest BCUT2D eigenvalue weighted by Crippen LogP contribution is -2.14. The highest BCUT2D eigenvalue weighted by Crippen LogP contribution is 2.42. The van der Waals surface area contributed by atoms with Gasteiger partial charge in [-0.1, -0.05) is 48.0 Å². The summed E-state index contributed by atoms with van der Waals surface area (Å²) in [6.07, 6.45) is 2.39. The van der Waals surface area contributed by atoms with Crippen LogP contribution in [0.15, 0.2) is 72.9 Å². The molecule has 2 heterocycles. The van der Waals surface area contributed by atoms with E-state index in [1.165, 1.54) is 6.07 Å². The van der Waals surface area contributed by atoms with Gasteiger partial charge < -0.3 is 9.88 Å². The van der Waals surface area contributed by atoms with Crippen LogP contribution in [0.5, 0.6) is 0 Å². The number of nitrogens with zero attached hydrogens (tertiary/aromatic N) is 1. The van der Waals surface area contributed by atoms with Crippen LogP contribution in [0.4, 0.5) is 10.1 Å². The third kappa shape index (κ3) is 3.19. The molecule has 1 aromatic heterocycles. The molecule has 0 spiro atoms. The molecule has 0 saturated carbocycles. The number of aromatic nitrogens is 1. The lowest BCUT2D eigenvalue weighted by atomic mass is 9.88. The predicted molar refractivity (Wildman–Crippen MR) is 114 cm³/mol. The lowest BCUT2D eigenvalue weighted by molar-refractivity contribution is -0.116. The monoisotopic (exact) mass is 404 g/mol. The Morgan fingerprint density at radius 3 is 2.69 bits per heavy atom. The molecule has 4 aromatic rings. The van der Waals surface area contributed by atoms with Crippen LogP contribution in [-0.2, 0) is 11.3 Å². The summed E-state index contributed by atoms with van der Waals surface area (Å²) in [7, 11) is 0. The first-order valence-electron chi connectivity index (χ1n) is 9.50. The van der Waals surface area contributed by atoms with Gasteiger partial charge in [0.15, 0.2) is 0 Å². The minimum atomic E-state index is -0.248. The summed E-state index contributed by atoms with van der Waals surface area (Å²) < 4.78 is 15.8. The van der Waals surface area contributed by atoms with Crippen LogP contribution in [0.2, 0.25) is 5.02 Å². The molecule has 5 heteroatoms. The Kier molecular flexibility index (Phi) is 4.36. The van der Waals surface area contributed by atoms with E-state index in [0.717, 1.165) is 33.3 Å². The summed E-state index contributed by atoms with van der Waals surface area (Å²) in [5.41, 5.74) is 4.68. The average Bonchev–Trinajstić information content (AvgIpc) is 2.99. The highest BCUT2D eigenvalue weighted by atomic mass is 35.5. The smallest absolute Gasteiger partial charge is 0.225 e. The van der Waals surface area contributed by atoms with Crippen LogP contribution < -0.4 is 5.32 Å². The Balaban J connectivity index is 1.71. The quantitative estimate of drug-likeness (QED) is 0.449. The van der Waals surface area contributed by atoms with E-state index in [4.69, 9.17) is 11.6 Å². The first kappa shape index (κ1) is 18.0. The van der Waals surface area contributed by atoms with Crippen LogP contribution in [0, 0.1) is 5.82 Å². The largest absolute Gasteiger partial charge is 0.343 e. The maximum atomic E-state index is 13.7. The molecule has 1 atom stereocenters. The van der Waals surface area contributed by atoms with Crippen molar-refractivity contribution in [3.05, 3.63) is 100 Å². The molecule has 0 aliphatic carbocycles. The van der Waals surface area contributed by atoms with Gasteiger partial charge in [0.05, 0.1) is 11.2 Å². The van der Waals surface area contributed by atoms with E-state index in [0.29, 0.717) is 18.0 Å². The summed E-state index contributed by atoms with van der Waals surface area (Å²) in [4.78, 5) is 12.6. The molecule has 144 valence electrons. The number of amides is 1. The molecule has 0 unspecified atom stereocenters. The second kappa shape index (κ2) is 7.05. The Bertz CT molecular complexity index is 1250. The molecule has 3 nitrogen and oxygen atoms in total. The normalized spacial score (nSPS) is 15.9. The maximum absolute atomic E-state index is 13.7. The van der Waals surface area contributed by atoms with Gasteiger partial charge in [-0.2, -0.15) is 0 Å². The average molecular weight is 405 g/mol. The van der Waals surface area contributed by atoms with Gasteiger partial charge in [0.25, 0.3) is 0 Å². The van der Waals surface area contributed by atoms with Crippen LogP contribution in [0.25, 0.3) is 10.9 Å². The number of benzene rings is 3. The molecule has 0 saturated heterocycles. The van der Waals surface area contributed by atoms with Crippen LogP contribution in [0.1, 0.15) is 29.0 Å². The van der Waals surface area contributed by atoms with Gasteiger partial charge in [-0.3, -0.25) is 4.79 Å². The zero-order valence-corrected chi connectivity index (χ0v) is 16.3. The number of carbonyl (C=O) groups is 1. The topological polar surface area (TPSA) is 34.0 Å². The van der Waals surface area contributed by atoms with Gasteiger partial charge in [0, 0.05) is 35.5 Å². The lowest BCUT2D eigenvalue weighted by Gasteiger charge is -2.16. The molecule has 0 bridgehead atoms. The van der Waals surface area contributed by atoms with E-state index >= 15 is 0 Å². The van der Waals surface area contributed by atoms with Crippen molar-refractivity contribution in [3.63, 3.8) is 0 Å². The van der Waals surface area contributed by atoms with E-state index in [-0.39, 0.29) is 17.6 Å². The molecule has 3 aromatic carbocycles. The molecule has 29 heavy (non-hydrogen) atoms. The van der Waals surface area contributed by atoms with E-state index in [2.05, 4.69) is 16.1 Å². The van der Waals surface area contributed by atoms with Crippen molar-refractivity contribution < 1.29 is 9.18 Å². The number of halogens is 2. The van der Waals surface area contributed by atoms with Gasteiger partial charge in [0.1, 0.15) is 5.82 Å². The Labute approximate surface area is 172 Å². The summed E-state index contributed by atoms with van der Waals surface area (Å²) in [6, 6.07) is 20.2. The fourth-order valence-electron chi connectivity index (χ4n) is 4.25. The molecular formula is C24H18ClFN2O. The van der Waals surface area contributed by atoms with Crippen LogP contribution in [-0.4, -0.2) is 10.5 Å². The highest BCUT2D eigenvalue weighted by Gasteiger charge is 2.28. The highest BCUT2D eigenvalue weighted by molar-refractivity contribution is 6.31. The first-order valence-corrected chi connectivity index (χ1v) is 9.88. The van der Waals surface area contributed by atoms with Crippen LogP contribution >= 0.6 is 11.6 Å². The Morgan fingerprint density at radius 1 is 1.03 bits per heavy atom. The van der Waals surface area contributed by atoms with Crippen molar-refractivity contribution >= 4 is 34.1 Å². The van der Waals surface area contributed by atoms with Crippen molar-refractivity contribution in [2.24, 2.45) is 0 Å². The zero-order chi connectivity index (χ0) is 20.0. The number of hydrogen-bond acceptors (Lipinski definition) is 1. The van der Waals surface area contributed by atoms with Gasteiger partial charge in [0.2, 0.25) is 5.91 Å². The molecule has 1 aliphatic heterocycles. The molecule has 1 aliphatic rings. The number of carbonyl (C=O) groups excluding carboxylic acids is 1. The standard InChI is InChI=1S/C24H18ClFN2O/c25-20-8-2-1-7-17(20)18-12-23(29)27-21-9-4-10-22-24(21)19(18)14-28(22)13-15-5-3-6-16(26)11-15/h1-11,14,18H,12-13H2,(H,27,29)/t18-/m1/s1. The molecule has 0 fully saturated rings. The Hall–Kier alpha value is -3.11. The number of nitrogens with one attached hydrogen (secondary N) is 1. The van der Waals surface area contributed by atoms with Gasteiger partial charge in [-0.15, -0.1) is 0 Å². The number of anilines is 1. The van der Waals surface area contributed by atoms with E-state index in [9.17, 15) is 9.18 Å². The zero-order valence-electron chi connectivity index (χ0n) is 15.5. The number of hydrogen-bond donors (Lipinski definition) is 1. The minimum absolute atomic E-state index is 0.0321. The predicted octanol–water partition coefficient (Wildman–Crippen LogP) is 5.96. The first-order chi connectivity index (χ1) is 14.1.